The number of hydrogen-bond donors (Lipinski definition) is 1. The first kappa shape index (κ1) is 27.1. The molecule has 1 aliphatic carbocycles. The molecule has 2 aliphatic rings. The highest BCUT2D eigenvalue weighted by molar-refractivity contribution is 5.87. The molecule has 2 fully saturated rings. The van der Waals surface area contributed by atoms with Crippen LogP contribution in [0.3, 0.4) is 0 Å². The fraction of sp³-hybridized carbons (Fsp3) is 0.533. The van der Waals surface area contributed by atoms with Gasteiger partial charge in [-0.2, -0.15) is 5.10 Å². The number of hydrogen-bond acceptors (Lipinski definition) is 7. The van der Waals surface area contributed by atoms with Gasteiger partial charge < -0.3 is 15.0 Å². The molecule has 1 aliphatic heterocycles. The Morgan fingerprint density at radius 1 is 1.18 bits per heavy atom. The molecule has 39 heavy (non-hydrogen) atoms. The van der Waals surface area contributed by atoms with Gasteiger partial charge in [0.05, 0.1) is 36.6 Å². The fourth-order valence-electron chi connectivity index (χ4n) is 6.18. The minimum absolute atomic E-state index is 0.190. The number of nitrogens with one attached hydrogen (secondary N) is 1. The maximum Gasteiger partial charge on any atom is 0.240 e. The quantitative estimate of drug-likeness (QED) is 0.413. The molecule has 9 heteroatoms. The second-order valence-electron chi connectivity index (χ2n) is 11.4. The van der Waals surface area contributed by atoms with Crippen molar-refractivity contribution in [3.8, 4) is 16.9 Å². The number of carbonyl (C=O) groups excluding carboxylic acids is 1. The first-order valence-electron chi connectivity index (χ1n) is 14.1. The summed E-state index contributed by atoms with van der Waals surface area (Å²) in [5.74, 6) is 1.90. The summed E-state index contributed by atoms with van der Waals surface area (Å²) in [4.78, 5) is 26.8. The van der Waals surface area contributed by atoms with E-state index in [4.69, 9.17) is 9.72 Å². The second kappa shape index (κ2) is 11.0. The third-order valence-corrected chi connectivity index (χ3v) is 8.63. The van der Waals surface area contributed by atoms with Crippen molar-refractivity contribution in [1.82, 2.24) is 24.8 Å². The van der Waals surface area contributed by atoms with Crippen LogP contribution in [0.1, 0.15) is 57.9 Å². The summed E-state index contributed by atoms with van der Waals surface area (Å²) in [5.41, 5.74) is 3.44. The molecule has 0 aromatic carbocycles. The van der Waals surface area contributed by atoms with Gasteiger partial charge in [-0.3, -0.25) is 14.7 Å². The highest BCUT2D eigenvalue weighted by atomic mass is 16.5. The summed E-state index contributed by atoms with van der Waals surface area (Å²) in [6.07, 6.45) is 11.5. The summed E-state index contributed by atoms with van der Waals surface area (Å²) in [6.45, 7) is 10.6. The molecular formula is C30H41N7O2. The Balaban J connectivity index is 1.31. The van der Waals surface area contributed by atoms with E-state index in [0.717, 1.165) is 85.4 Å². The van der Waals surface area contributed by atoms with Crippen molar-refractivity contribution in [1.29, 1.82) is 0 Å². The number of likely N-dealkylation sites (N-methyl/N-ethyl adjacent to an activating group) is 1. The van der Waals surface area contributed by atoms with E-state index in [0.29, 0.717) is 13.2 Å². The molecule has 0 bridgehead atoms. The zero-order valence-corrected chi connectivity index (χ0v) is 23.7. The lowest BCUT2D eigenvalue weighted by atomic mass is 9.86. The summed E-state index contributed by atoms with van der Waals surface area (Å²) in [5, 5.41) is 7.97. The van der Waals surface area contributed by atoms with Crippen LogP contribution in [-0.2, 0) is 11.3 Å². The fourth-order valence-corrected chi connectivity index (χ4v) is 6.18. The van der Waals surface area contributed by atoms with Crippen LogP contribution in [0.4, 0.5) is 5.82 Å². The van der Waals surface area contributed by atoms with E-state index < -0.39 is 0 Å². The minimum atomic E-state index is -0.362. The third-order valence-electron chi connectivity index (χ3n) is 8.63. The molecule has 0 atom stereocenters. The van der Waals surface area contributed by atoms with Crippen molar-refractivity contribution in [2.24, 2.45) is 4.99 Å². The molecule has 1 amide bonds. The Hall–Kier alpha value is -3.46. The summed E-state index contributed by atoms with van der Waals surface area (Å²) in [7, 11) is 4.07. The predicted octanol–water partition coefficient (Wildman–Crippen LogP) is 4.35. The topological polar surface area (TPSA) is 87.4 Å². The van der Waals surface area contributed by atoms with Crippen molar-refractivity contribution in [2.75, 3.05) is 38.7 Å². The Kier molecular flexibility index (Phi) is 7.62. The molecule has 4 heterocycles. The van der Waals surface area contributed by atoms with Gasteiger partial charge >= 0.3 is 0 Å². The minimum Gasteiger partial charge on any atom is -0.492 e. The maximum atomic E-state index is 13.4. The molecule has 1 N–H and O–H groups in total. The highest BCUT2D eigenvalue weighted by Gasteiger charge is 2.45. The molecule has 5 rings (SSSR count). The smallest absolute Gasteiger partial charge is 0.240 e. The molecular weight excluding hydrogens is 490 g/mol. The van der Waals surface area contributed by atoms with Gasteiger partial charge in [0, 0.05) is 41.5 Å². The lowest BCUT2D eigenvalue weighted by Crippen LogP contribution is -2.62. The van der Waals surface area contributed by atoms with Crippen LogP contribution in [-0.4, -0.2) is 77.0 Å². The van der Waals surface area contributed by atoms with Crippen LogP contribution in [0, 0.1) is 0 Å². The molecule has 3 aromatic rings. The number of piperidine rings is 1. The van der Waals surface area contributed by atoms with E-state index in [1.165, 1.54) is 0 Å². The monoisotopic (exact) mass is 531 g/mol. The Morgan fingerprint density at radius 3 is 2.54 bits per heavy atom. The largest absolute Gasteiger partial charge is 0.492 e. The van der Waals surface area contributed by atoms with Gasteiger partial charge in [0.25, 0.3) is 0 Å². The molecule has 0 unspecified atom stereocenters. The van der Waals surface area contributed by atoms with Crippen LogP contribution >= 0.6 is 0 Å². The van der Waals surface area contributed by atoms with E-state index in [2.05, 4.69) is 51.0 Å². The zero-order valence-electron chi connectivity index (χ0n) is 23.7. The molecule has 0 radical (unpaired) electrons. The molecule has 1 saturated carbocycles. The average molecular weight is 532 g/mol. The number of rotatable bonds is 9. The number of anilines is 1. The van der Waals surface area contributed by atoms with E-state index in [-0.39, 0.29) is 17.0 Å². The van der Waals surface area contributed by atoms with Gasteiger partial charge in [-0.05, 0) is 78.5 Å². The summed E-state index contributed by atoms with van der Waals surface area (Å²) in [6, 6.07) is 6.24. The van der Waals surface area contributed by atoms with Crippen molar-refractivity contribution in [2.45, 2.75) is 70.0 Å². The van der Waals surface area contributed by atoms with E-state index in [1.807, 2.05) is 50.2 Å². The number of ether oxygens (including phenoxy) is 1. The number of carbonyl (C=O) groups is 1. The SMILES string of the molecule is C=NCc1cnn2cc(OCC)cc(-c3ccc(N4CCC(C)(NC(=O)C5(N(C)C)CCCC5)CC4)nc3)c12. The van der Waals surface area contributed by atoms with E-state index in [9.17, 15) is 4.79 Å². The number of aliphatic imine (C=N–C) groups is 1. The Bertz CT molecular complexity index is 1320. The van der Waals surface area contributed by atoms with Crippen molar-refractivity contribution < 1.29 is 9.53 Å². The lowest BCUT2D eigenvalue weighted by molar-refractivity contribution is -0.134. The second-order valence-corrected chi connectivity index (χ2v) is 11.4. The van der Waals surface area contributed by atoms with Gasteiger partial charge in [0.1, 0.15) is 11.6 Å². The molecule has 0 spiro atoms. The number of nitrogens with zero attached hydrogens (tertiary/aromatic N) is 6. The Labute approximate surface area is 231 Å². The third kappa shape index (κ3) is 5.24. The summed E-state index contributed by atoms with van der Waals surface area (Å²) >= 11 is 0. The molecule has 208 valence electrons. The first-order valence-corrected chi connectivity index (χ1v) is 14.1. The predicted molar refractivity (Wildman–Crippen MR) is 156 cm³/mol. The van der Waals surface area contributed by atoms with Gasteiger partial charge in [-0.15, -0.1) is 0 Å². The van der Waals surface area contributed by atoms with Gasteiger partial charge in [0.2, 0.25) is 5.91 Å². The molecule has 3 aromatic heterocycles. The molecule has 9 nitrogen and oxygen atoms in total. The summed E-state index contributed by atoms with van der Waals surface area (Å²) < 4.78 is 7.65. The van der Waals surface area contributed by atoms with Crippen LogP contribution in [0.25, 0.3) is 16.6 Å². The standard InChI is InChI=1S/C30H41N7O2/c1-6-39-24-17-25(27-23(18-31-3)20-33-37(27)21-24)22-9-10-26(32-19-22)36-15-13-29(2,14-16-36)34-28(38)30(35(4)5)11-7-8-12-30/h9-10,17,19-21H,3,6-8,11-16,18H2,1-2,4-5H3,(H,34,38). The van der Waals surface area contributed by atoms with Crippen LogP contribution in [0.15, 0.2) is 41.8 Å². The van der Waals surface area contributed by atoms with Crippen molar-refractivity contribution in [3.63, 3.8) is 0 Å². The van der Waals surface area contributed by atoms with Crippen LogP contribution < -0.4 is 15.0 Å². The lowest BCUT2D eigenvalue weighted by Gasteiger charge is -2.43. The molecule has 1 saturated heterocycles. The number of amides is 1. The average Bonchev–Trinajstić information content (AvgIpc) is 3.58. The van der Waals surface area contributed by atoms with Gasteiger partial charge in [-0.25, -0.2) is 9.50 Å². The van der Waals surface area contributed by atoms with Crippen molar-refractivity contribution in [3.05, 3.63) is 42.4 Å². The maximum absolute atomic E-state index is 13.4. The van der Waals surface area contributed by atoms with Crippen LogP contribution in [0.5, 0.6) is 5.75 Å². The van der Waals surface area contributed by atoms with Crippen LogP contribution in [0.2, 0.25) is 0 Å². The normalized spacial score (nSPS) is 18.4. The zero-order chi connectivity index (χ0) is 27.6. The van der Waals surface area contributed by atoms with E-state index in [1.54, 1.807) is 0 Å². The number of aromatic nitrogens is 3. The number of fused-ring (bicyclic) bond motifs is 1. The van der Waals surface area contributed by atoms with Gasteiger partial charge in [-0.1, -0.05) is 12.8 Å². The van der Waals surface area contributed by atoms with E-state index >= 15 is 0 Å². The highest BCUT2D eigenvalue weighted by Crippen LogP contribution is 2.36. The van der Waals surface area contributed by atoms with Crippen molar-refractivity contribution >= 4 is 24.0 Å². The number of pyridine rings is 2. The Morgan fingerprint density at radius 2 is 1.92 bits per heavy atom. The first-order chi connectivity index (χ1) is 18.8. The van der Waals surface area contributed by atoms with Gasteiger partial charge in [0.15, 0.2) is 0 Å².